The van der Waals surface area contributed by atoms with Gasteiger partial charge in [0.05, 0.1) is 10.9 Å². The molecule has 0 bridgehead atoms. The molecule has 1 N–H and O–H groups in total. The van der Waals surface area contributed by atoms with Gasteiger partial charge in [0.15, 0.2) is 0 Å². The number of piperidine rings is 1. The van der Waals surface area contributed by atoms with Gasteiger partial charge in [-0.15, -0.1) is 11.3 Å². The summed E-state index contributed by atoms with van der Waals surface area (Å²) in [5.74, 6) is 1.78. The monoisotopic (exact) mass is 408 g/mol. The Morgan fingerprint density at radius 3 is 2.83 bits per heavy atom. The molecule has 1 aliphatic rings. The highest BCUT2D eigenvalue weighted by Gasteiger charge is 2.26. The fourth-order valence-electron chi connectivity index (χ4n) is 4.22. The Labute approximate surface area is 176 Å². The third-order valence-corrected chi connectivity index (χ3v) is 6.67. The van der Waals surface area contributed by atoms with Crippen LogP contribution in [0.5, 0.6) is 0 Å². The van der Waals surface area contributed by atoms with Crippen LogP contribution >= 0.6 is 11.3 Å². The molecule has 0 spiro atoms. The number of fused-ring (bicyclic) bond motifs is 1. The Balaban J connectivity index is 1.76. The van der Waals surface area contributed by atoms with E-state index in [0.29, 0.717) is 17.4 Å². The molecule has 29 heavy (non-hydrogen) atoms. The Morgan fingerprint density at radius 1 is 1.28 bits per heavy atom. The number of hydrogen-bond acceptors (Lipinski definition) is 5. The van der Waals surface area contributed by atoms with Crippen LogP contribution in [0.15, 0.2) is 30.6 Å². The van der Waals surface area contributed by atoms with E-state index in [4.69, 9.17) is 0 Å². The van der Waals surface area contributed by atoms with E-state index in [2.05, 4.69) is 47.0 Å². The van der Waals surface area contributed by atoms with Gasteiger partial charge in [0.25, 0.3) is 5.91 Å². The first-order valence-electron chi connectivity index (χ1n) is 10.3. The molecule has 2 aromatic heterocycles. The van der Waals surface area contributed by atoms with Gasteiger partial charge in [-0.25, -0.2) is 9.97 Å². The topological polar surface area (TPSA) is 58.1 Å². The maximum absolute atomic E-state index is 13.4. The maximum atomic E-state index is 13.4. The van der Waals surface area contributed by atoms with Crippen LogP contribution in [-0.4, -0.2) is 29.0 Å². The van der Waals surface area contributed by atoms with Gasteiger partial charge in [-0.05, 0) is 43.2 Å². The molecule has 1 atom stereocenters. The number of aromatic nitrogens is 2. The highest BCUT2D eigenvalue weighted by atomic mass is 32.1. The van der Waals surface area contributed by atoms with Crippen molar-refractivity contribution in [1.82, 2.24) is 9.97 Å². The van der Waals surface area contributed by atoms with Crippen molar-refractivity contribution in [2.75, 3.05) is 23.3 Å². The minimum atomic E-state index is -0.0806. The van der Waals surface area contributed by atoms with Gasteiger partial charge in [-0.3, -0.25) is 4.79 Å². The van der Waals surface area contributed by atoms with E-state index >= 15 is 0 Å². The lowest BCUT2D eigenvalue weighted by atomic mass is 9.99. The molecule has 1 aromatic carbocycles. The van der Waals surface area contributed by atoms with E-state index in [1.165, 1.54) is 6.42 Å². The van der Waals surface area contributed by atoms with Crippen molar-refractivity contribution in [1.29, 1.82) is 0 Å². The summed E-state index contributed by atoms with van der Waals surface area (Å²) in [5, 5.41) is 4.05. The third-order valence-electron chi connectivity index (χ3n) is 5.66. The second kappa shape index (κ2) is 8.11. The summed E-state index contributed by atoms with van der Waals surface area (Å²) in [6.07, 6.45) is 4.02. The predicted molar refractivity (Wildman–Crippen MR) is 121 cm³/mol. The number of hydrogen-bond donors (Lipinski definition) is 1. The van der Waals surface area contributed by atoms with Gasteiger partial charge in [-0.2, -0.15) is 0 Å². The van der Waals surface area contributed by atoms with Gasteiger partial charge < -0.3 is 10.2 Å². The molecule has 1 fully saturated rings. The van der Waals surface area contributed by atoms with Crippen LogP contribution in [0.1, 0.15) is 60.3 Å². The number of nitrogens with one attached hydrogen (secondary N) is 1. The van der Waals surface area contributed by atoms with Crippen molar-refractivity contribution in [3.05, 3.63) is 46.6 Å². The van der Waals surface area contributed by atoms with Crippen molar-refractivity contribution < 1.29 is 4.79 Å². The number of aryl methyl sites for hydroxylation is 1. The largest absolute Gasteiger partial charge is 0.356 e. The van der Waals surface area contributed by atoms with E-state index in [9.17, 15) is 4.79 Å². The molecule has 1 saturated heterocycles. The Kier molecular flexibility index (Phi) is 5.54. The minimum Gasteiger partial charge on any atom is -0.356 e. The lowest BCUT2D eigenvalue weighted by Gasteiger charge is -2.32. The molecule has 1 amide bonds. The van der Waals surface area contributed by atoms with E-state index in [0.717, 1.165) is 51.7 Å². The maximum Gasteiger partial charge on any atom is 0.257 e. The van der Waals surface area contributed by atoms with Crippen molar-refractivity contribution >= 4 is 39.0 Å². The molecule has 1 aliphatic heterocycles. The Morgan fingerprint density at radius 2 is 2.07 bits per heavy atom. The van der Waals surface area contributed by atoms with Gasteiger partial charge >= 0.3 is 0 Å². The van der Waals surface area contributed by atoms with Crippen LogP contribution < -0.4 is 10.2 Å². The standard InChI is InChI=1S/C23H28N4OS/c1-14(2)17-9-5-6-10-18(17)26-22(28)19-16(4)29-23-20(19)21(24-13-25-23)27-11-7-8-15(3)12-27/h5-6,9-10,13-15H,7-8,11-12H2,1-4H3,(H,26,28)/t15-/m1/s1. The number of nitrogens with zero attached hydrogens (tertiary/aromatic N) is 3. The van der Waals surface area contributed by atoms with E-state index in [1.54, 1.807) is 17.7 Å². The molecule has 3 aromatic rings. The third kappa shape index (κ3) is 3.86. The average molecular weight is 409 g/mol. The highest BCUT2D eigenvalue weighted by molar-refractivity contribution is 7.19. The van der Waals surface area contributed by atoms with E-state index < -0.39 is 0 Å². The SMILES string of the molecule is Cc1sc2ncnc(N3CCC[C@@H](C)C3)c2c1C(=O)Nc1ccccc1C(C)C. The van der Waals surface area contributed by atoms with E-state index in [1.807, 2.05) is 25.1 Å². The van der Waals surface area contributed by atoms with Crippen molar-refractivity contribution in [3.8, 4) is 0 Å². The number of para-hydroxylation sites is 1. The molecule has 0 aliphatic carbocycles. The molecular weight excluding hydrogens is 380 g/mol. The molecule has 0 radical (unpaired) electrons. The zero-order chi connectivity index (χ0) is 20.5. The molecule has 152 valence electrons. The number of carbonyl (C=O) groups excluding carboxylic acids is 1. The quantitative estimate of drug-likeness (QED) is 0.609. The number of anilines is 2. The summed E-state index contributed by atoms with van der Waals surface area (Å²) >= 11 is 1.57. The lowest BCUT2D eigenvalue weighted by Crippen LogP contribution is -2.35. The summed E-state index contributed by atoms with van der Waals surface area (Å²) in [6, 6.07) is 8.02. The van der Waals surface area contributed by atoms with Crippen LogP contribution in [0.3, 0.4) is 0 Å². The van der Waals surface area contributed by atoms with Crippen LogP contribution in [0.2, 0.25) is 0 Å². The number of thiophene rings is 1. The second-order valence-corrected chi connectivity index (χ2v) is 9.50. The molecule has 3 heterocycles. The van der Waals surface area contributed by atoms with Crippen LogP contribution in [-0.2, 0) is 0 Å². The first-order chi connectivity index (χ1) is 14.0. The van der Waals surface area contributed by atoms with E-state index in [-0.39, 0.29) is 5.91 Å². The number of benzene rings is 1. The molecule has 4 rings (SSSR count). The zero-order valence-corrected chi connectivity index (χ0v) is 18.3. The van der Waals surface area contributed by atoms with Gasteiger partial charge in [0, 0.05) is 23.7 Å². The fourth-order valence-corrected chi connectivity index (χ4v) is 5.21. The van der Waals surface area contributed by atoms with Gasteiger partial charge in [0.1, 0.15) is 17.0 Å². The Bertz CT molecular complexity index is 1040. The smallest absolute Gasteiger partial charge is 0.257 e. The minimum absolute atomic E-state index is 0.0806. The second-order valence-electron chi connectivity index (χ2n) is 8.30. The number of carbonyl (C=O) groups is 1. The summed E-state index contributed by atoms with van der Waals surface area (Å²) in [5.41, 5.74) is 2.72. The van der Waals surface area contributed by atoms with Crippen molar-refractivity contribution in [2.45, 2.75) is 46.5 Å². The summed E-state index contributed by atoms with van der Waals surface area (Å²) in [4.78, 5) is 26.7. The van der Waals surface area contributed by atoms with Crippen LogP contribution in [0, 0.1) is 12.8 Å². The lowest BCUT2D eigenvalue weighted by molar-refractivity contribution is 0.102. The highest BCUT2D eigenvalue weighted by Crippen LogP contribution is 2.37. The van der Waals surface area contributed by atoms with Gasteiger partial charge in [0.2, 0.25) is 0 Å². The van der Waals surface area contributed by atoms with Gasteiger partial charge in [-0.1, -0.05) is 39.0 Å². The molecule has 5 nitrogen and oxygen atoms in total. The van der Waals surface area contributed by atoms with Crippen LogP contribution in [0.4, 0.5) is 11.5 Å². The zero-order valence-electron chi connectivity index (χ0n) is 17.5. The average Bonchev–Trinajstić information content (AvgIpc) is 3.04. The summed E-state index contributed by atoms with van der Waals surface area (Å²) in [6.45, 7) is 10.5. The molecule has 0 unspecified atom stereocenters. The van der Waals surface area contributed by atoms with Crippen molar-refractivity contribution in [2.24, 2.45) is 5.92 Å². The normalized spacial score (nSPS) is 17.1. The van der Waals surface area contributed by atoms with Crippen LogP contribution in [0.25, 0.3) is 10.2 Å². The molecular formula is C23H28N4OS. The summed E-state index contributed by atoms with van der Waals surface area (Å²) in [7, 11) is 0. The first-order valence-corrected chi connectivity index (χ1v) is 11.2. The summed E-state index contributed by atoms with van der Waals surface area (Å²) < 4.78 is 0. The van der Waals surface area contributed by atoms with Crippen molar-refractivity contribution in [3.63, 3.8) is 0 Å². The molecule has 0 saturated carbocycles. The molecule has 6 heteroatoms. The Hall–Kier alpha value is -2.47. The number of rotatable bonds is 4. The predicted octanol–water partition coefficient (Wildman–Crippen LogP) is 5.61. The fraction of sp³-hybridized carbons (Fsp3) is 0.435. The number of amides is 1. The first kappa shape index (κ1) is 19.8.